The van der Waals surface area contributed by atoms with Crippen molar-refractivity contribution >= 4 is 33.8 Å². The molecule has 0 saturated carbocycles. The molecule has 1 aliphatic rings. The highest BCUT2D eigenvalue weighted by Crippen LogP contribution is 2.33. The zero-order valence-electron chi connectivity index (χ0n) is 14.0. The van der Waals surface area contributed by atoms with Gasteiger partial charge in [-0.1, -0.05) is 39.0 Å². The quantitative estimate of drug-likeness (QED) is 0.539. The zero-order chi connectivity index (χ0) is 16.2. The van der Waals surface area contributed by atoms with Gasteiger partial charge in [0, 0.05) is 11.4 Å². The monoisotopic (exact) mass is 350 g/mol. The Hall–Kier alpha value is -0.940. The lowest BCUT2D eigenvalue weighted by Gasteiger charge is -2.11. The van der Waals surface area contributed by atoms with Gasteiger partial charge in [0.2, 0.25) is 0 Å². The third-order valence-corrected chi connectivity index (χ3v) is 6.36. The van der Waals surface area contributed by atoms with Crippen LogP contribution in [0, 0.1) is 4.77 Å². The molecule has 0 aliphatic heterocycles. The number of aromatic nitrogens is 2. The highest BCUT2D eigenvalue weighted by molar-refractivity contribution is 7.71. The van der Waals surface area contributed by atoms with E-state index in [1.54, 1.807) is 15.9 Å². The number of aryl methyl sites for hydroxylation is 2. The first-order valence-corrected chi connectivity index (χ1v) is 10.2. The van der Waals surface area contributed by atoms with Gasteiger partial charge >= 0.3 is 0 Å². The molecule has 3 nitrogen and oxygen atoms in total. The summed E-state index contributed by atoms with van der Waals surface area (Å²) in [5.41, 5.74) is 1.43. The molecule has 0 spiro atoms. The summed E-state index contributed by atoms with van der Waals surface area (Å²) >= 11 is 7.18. The number of rotatable bonds is 7. The standard InChI is InChI=1S/C18H26N2OS2/c1-2-3-4-5-6-9-12-20-17(21)15-13-10-7-8-11-14(13)23-16(15)19-18(20)22/h2-12H2,1H3,(H,19,22). The lowest BCUT2D eigenvalue weighted by Crippen LogP contribution is -2.22. The van der Waals surface area contributed by atoms with Crippen molar-refractivity contribution in [2.75, 3.05) is 0 Å². The molecule has 1 aliphatic carbocycles. The van der Waals surface area contributed by atoms with Crippen LogP contribution in [-0.4, -0.2) is 9.55 Å². The number of H-pyrrole nitrogens is 1. The average Bonchev–Trinajstić information content (AvgIpc) is 2.91. The van der Waals surface area contributed by atoms with Crippen LogP contribution in [0.2, 0.25) is 0 Å². The van der Waals surface area contributed by atoms with Crippen LogP contribution in [0.3, 0.4) is 0 Å². The second-order valence-electron chi connectivity index (χ2n) is 6.57. The van der Waals surface area contributed by atoms with Crippen molar-refractivity contribution in [3.63, 3.8) is 0 Å². The summed E-state index contributed by atoms with van der Waals surface area (Å²) < 4.78 is 2.38. The molecule has 1 N–H and O–H groups in total. The van der Waals surface area contributed by atoms with Crippen LogP contribution in [0.5, 0.6) is 0 Å². The van der Waals surface area contributed by atoms with Gasteiger partial charge in [0.05, 0.1) is 5.39 Å². The molecule has 3 rings (SSSR count). The number of hydrogen-bond donors (Lipinski definition) is 1. The molecule has 0 saturated heterocycles. The number of hydrogen-bond acceptors (Lipinski definition) is 3. The summed E-state index contributed by atoms with van der Waals surface area (Å²) in [6, 6.07) is 0. The van der Waals surface area contributed by atoms with Gasteiger partial charge in [-0.3, -0.25) is 9.36 Å². The topological polar surface area (TPSA) is 37.8 Å². The minimum atomic E-state index is 0.136. The number of thiophene rings is 1. The third-order valence-electron chi connectivity index (χ3n) is 4.83. The summed E-state index contributed by atoms with van der Waals surface area (Å²) in [5.74, 6) is 0. The van der Waals surface area contributed by atoms with Gasteiger partial charge in [-0.2, -0.15) is 0 Å². The van der Waals surface area contributed by atoms with Crippen molar-refractivity contribution in [3.05, 3.63) is 25.6 Å². The van der Waals surface area contributed by atoms with Gasteiger partial charge in [0.1, 0.15) is 4.83 Å². The van der Waals surface area contributed by atoms with E-state index in [9.17, 15) is 4.79 Å². The zero-order valence-corrected chi connectivity index (χ0v) is 15.6. The largest absolute Gasteiger partial charge is 0.323 e. The van der Waals surface area contributed by atoms with E-state index in [-0.39, 0.29) is 5.56 Å². The van der Waals surface area contributed by atoms with Crippen LogP contribution in [0.15, 0.2) is 4.79 Å². The first-order valence-electron chi connectivity index (χ1n) is 8.99. The highest BCUT2D eigenvalue weighted by Gasteiger charge is 2.19. The van der Waals surface area contributed by atoms with Crippen LogP contribution in [0.1, 0.15) is 68.7 Å². The summed E-state index contributed by atoms with van der Waals surface area (Å²) in [4.78, 5) is 18.6. The van der Waals surface area contributed by atoms with Crippen molar-refractivity contribution in [2.45, 2.75) is 77.7 Å². The van der Waals surface area contributed by atoms with Crippen LogP contribution in [-0.2, 0) is 19.4 Å². The Morgan fingerprint density at radius 1 is 1.13 bits per heavy atom. The lowest BCUT2D eigenvalue weighted by molar-refractivity contribution is 0.544. The number of fused-ring (bicyclic) bond motifs is 3. The summed E-state index contributed by atoms with van der Waals surface area (Å²) in [7, 11) is 0. The first kappa shape index (κ1) is 16.9. The second-order valence-corrected chi connectivity index (χ2v) is 8.06. The fourth-order valence-electron chi connectivity index (χ4n) is 3.53. The van der Waals surface area contributed by atoms with Crippen LogP contribution < -0.4 is 5.56 Å². The first-order chi connectivity index (χ1) is 11.2. The molecule has 0 bridgehead atoms. The van der Waals surface area contributed by atoms with E-state index in [2.05, 4.69) is 11.9 Å². The Balaban J connectivity index is 1.80. The minimum Gasteiger partial charge on any atom is -0.323 e. The van der Waals surface area contributed by atoms with Crippen molar-refractivity contribution in [2.24, 2.45) is 0 Å². The molecular formula is C18H26N2OS2. The van der Waals surface area contributed by atoms with Crippen molar-refractivity contribution in [3.8, 4) is 0 Å². The molecule has 0 amide bonds. The Labute approximate surface area is 146 Å². The molecule has 0 aromatic carbocycles. The molecule has 126 valence electrons. The van der Waals surface area contributed by atoms with Gasteiger partial charge < -0.3 is 4.98 Å². The van der Waals surface area contributed by atoms with Crippen LogP contribution >= 0.6 is 23.6 Å². The summed E-state index contributed by atoms with van der Waals surface area (Å²) in [6.07, 6.45) is 12.0. The predicted octanol–water partition coefficient (Wildman–Crippen LogP) is 5.36. The minimum absolute atomic E-state index is 0.136. The van der Waals surface area contributed by atoms with E-state index in [0.29, 0.717) is 4.77 Å². The van der Waals surface area contributed by atoms with Gasteiger partial charge in [0.25, 0.3) is 5.56 Å². The summed E-state index contributed by atoms with van der Waals surface area (Å²) in [5, 5.41) is 0.921. The van der Waals surface area contributed by atoms with Crippen molar-refractivity contribution in [1.29, 1.82) is 0 Å². The normalized spacial score (nSPS) is 14.3. The van der Waals surface area contributed by atoms with E-state index in [0.717, 1.165) is 36.0 Å². The Morgan fingerprint density at radius 2 is 1.87 bits per heavy atom. The molecule has 2 aromatic rings. The molecular weight excluding hydrogens is 324 g/mol. The van der Waals surface area contributed by atoms with E-state index >= 15 is 0 Å². The maximum absolute atomic E-state index is 12.9. The number of nitrogens with zero attached hydrogens (tertiary/aromatic N) is 1. The fraction of sp³-hybridized carbons (Fsp3) is 0.667. The smallest absolute Gasteiger partial charge is 0.263 e. The molecule has 5 heteroatoms. The SMILES string of the molecule is CCCCCCCCn1c(=S)[nH]c2sc3c(c2c1=O)CCCC3. The molecule has 0 fully saturated rings. The maximum atomic E-state index is 12.9. The van der Waals surface area contributed by atoms with Crippen molar-refractivity contribution < 1.29 is 0 Å². The van der Waals surface area contributed by atoms with E-state index in [1.807, 2.05) is 0 Å². The molecule has 0 atom stereocenters. The van der Waals surface area contributed by atoms with Gasteiger partial charge in [-0.15, -0.1) is 11.3 Å². The Morgan fingerprint density at radius 3 is 2.70 bits per heavy atom. The lowest BCUT2D eigenvalue weighted by atomic mass is 9.97. The van der Waals surface area contributed by atoms with E-state index < -0.39 is 0 Å². The maximum Gasteiger partial charge on any atom is 0.263 e. The predicted molar refractivity (Wildman–Crippen MR) is 101 cm³/mol. The van der Waals surface area contributed by atoms with E-state index in [1.165, 1.54) is 55.4 Å². The fourth-order valence-corrected chi connectivity index (χ4v) is 5.15. The van der Waals surface area contributed by atoms with Gasteiger partial charge in [-0.05, 0) is 49.9 Å². The second kappa shape index (κ2) is 7.75. The summed E-state index contributed by atoms with van der Waals surface area (Å²) in [6.45, 7) is 2.98. The van der Waals surface area contributed by atoms with Gasteiger partial charge in [-0.25, -0.2) is 0 Å². The molecule has 2 heterocycles. The Kier molecular flexibility index (Phi) is 5.70. The van der Waals surface area contributed by atoms with Crippen molar-refractivity contribution in [1.82, 2.24) is 9.55 Å². The van der Waals surface area contributed by atoms with Crippen LogP contribution in [0.25, 0.3) is 10.2 Å². The molecule has 0 unspecified atom stereocenters. The van der Waals surface area contributed by atoms with Gasteiger partial charge in [0.15, 0.2) is 4.77 Å². The average molecular weight is 351 g/mol. The van der Waals surface area contributed by atoms with Crippen LogP contribution in [0.4, 0.5) is 0 Å². The third kappa shape index (κ3) is 3.61. The number of unbranched alkanes of at least 4 members (excludes halogenated alkanes) is 5. The van der Waals surface area contributed by atoms with E-state index in [4.69, 9.17) is 12.2 Å². The Bertz CT molecular complexity index is 785. The molecule has 23 heavy (non-hydrogen) atoms. The molecule has 0 radical (unpaired) electrons. The number of aromatic amines is 1. The molecule has 2 aromatic heterocycles. The highest BCUT2D eigenvalue weighted by atomic mass is 32.1. The number of nitrogens with one attached hydrogen (secondary N) is 1.